The molecule has 0 saturated heterocycles. The zero-order chi connectivity index (χ0) is 14.9. The predicted octanol–water partition coefficient (Wildman–Crippen LogP) is 2.30. The molecule has 0 saturated carbocycles. The van der Waals surface area contributed by atoms with Gasteiger partial charge < -0.3 is 20.1 Å². The summed E-state index contributed by atoms with van der Waals surface area (Å²) in [6.07, 6.45) is 1.51. The predicted molar refractivity (Wildman–Crippen MR) is 77.4 cm³/mol. The van der Waals surface area contributed by atoms with Crippen molar-refractivity contribution in [3.05, 3.63) is 0 Å². The monoisotopic (exact) mass is 274 g/mol. The van der Waals surface area contributed by atoms with Gasteiger partial charge in [-0.25, -0.2) is 4.79 Å². The molecule has 2 atom stereocenters. The van der Waals surface area contributed by atoms with Crippen molar-refractivity contribution < 1.29 is 14.3 Å². The summed E-state index contributed by atoms with van der Waals surface area (Å²) in [5.41, 5.74) is -0.448. The summed E-state index contributed by atoms with van der Waals surface area (Å²) in [6, 6.07) is 0.519. The van der Waals surface area contributed by atoms with Crippen molar-refractivity contribution in [3.8, 4) is 0 Å². The van der Waals surface area contributed by atoms with Crippen LogP contribution < -0.4 is 10.6 Å². The van der Waals surface area contributed by atoms with Crippen LogP contribution in [0.15, 0.2) is 0 Å². The van der Waals surface area contributed by atoms with Gasteiger partial charge >= 0.3 is 6.09 Å². The minimum atomic E-state index is -0.448. The molecule has 114 valence electrons. The Morgan fingerprint density at radius 2 is 1.79 bits per heavy atom. The van der Waals surface area contributed by atoms with Crippen molar-refractivity contribution in [3.63, 3.8) is 0 Å². The second-order valence-corrected chi connectivity index (χ2v) is 5.97. The summed E-state index contributed by atoms with van der Waals surface area (Å²) in [5.74, 6) is 0. The van der Waals surface area contributed by atoms with Gasteiger partial charge in [0.15, 0.2) is 0 Å². The van der Waals surface area contributed by atoms with Crippen molar-refractivity contribution in [2.45, 2.75) is 65.1 Å². The molecule has 2 N–H and O–H groups in total. The van der Waals surface area contributed by atoms with Crippen LogP contribution in [0.25, 0.3) is 0 Å². The molecular weight excluding hydrogens is 244 g/mol. The van der Waals surface area contributed by atoms with Gasteiger partial charge in [-0.05, 0) is 54.0 Å². The molecule has 0 heterocycles. The van der Waals surface area contributed by atoms with E-state index in [1.165, 1.54) is 0 Å². The molecule has 0 radical (unpaired) electrons. The molecule has 0 fully saturated rings. The average molecular weight is 274 g/mol. The third-order valence-electron chi connectivity index (χ3n) is 2.59. The highest BCUT2D eigenvalue weighted by atomic mass is 16.6. The first-order valence-electron chi connectivity index (χ1n) is 6.96. The lowest BCUT2D eigenvalue weighted by atomic mass is 10.2. The number of carbonyl (C=O) groups excluding carboxylic acids is 1. The number of methoxy groups -OCH3 is 1. The molecule has 0 aliphatic heterocycles. The molecular formula is C14H30N2O3. The first-order valence-corrected chi connectivity index (χ1v) is 6.96. The summed E-state index contributed by atoms with van der Waals surface area (Å²) >= 11 is 0. The maximum Gasteiger partial charge on any atom is 0.407 e. The second kappa shape index (κ2) is 9.15. The lowest BCUT2D eigenvalue weighted by Gasteiger charge is -2.22. The first-order chi connectivity index (χ1) is 8.74. The van der Waals surface area contributed by atoms with Gasteiger partial charge in [-0.15, -0.1) is 0 Å². The van der Waals surface area contributed by atoms with Crippen molar-refractivity contribution in [2.24, 2.45) is 0 Å². The Morgan fingerprint density at radius 1 is 1.16 bits per heavy atom. The van der Waals surface area contributed by atoms with Crippen LogP contribution in [0.3, 0.4) is 0 Å². The molecule has 0 aromatic heterocycles. The zero-order valence-electron chi connectivity index (χ0n) is 13.2. The van der Waals surface area contributed by atoms with E-state index in [2.05, 4.69) is 17.6 Å². The SMILES string of the molecule is COCCC(C)NCCC(C)NC(=O)OC(C)(C)C. The van der Waals surface area contributed by atoms with Gasteiger partial charge in [0.25, 0.3) is 0 Å². The molecule has 0 aliphatic rings. The van der Waals surface area contributed by atoms with Crippen LogP contribution in [0, 0.1) is 0 Å². The summed E-state index contributed by atoms with van der Waals surface area (Å²) in [4.78, 5) is 11.5. The maximum absolute atomic E-state index is 11.5. The topological polar surface area (TPSA) is 59.6 Å². The van der Waals surface area contributed by atoms with E-state index in [0.29, 0.717) is 6.04 Å². The Morgan fingerprint density at radius 3 is 2.32 bits per heavy atom. The van der Waals surface area contributed by atoms with Crippen molar-refractivity contribution in [1.82, 2.24) is 10.6 Å². The van der Waals surface area contributed by atoms with E-state index < -0.39 is 5.60 Å². The molecule has 0 bridgehead atoms. The number of rotatable bonds is 8. The fraction of sp³-hybridized carbons (Fsp3) is 0.929. The van der Waals surface area contributed by atoms with E-state index in [0.717, 1.165) is 26.0 Å². The van der Waals surface area contributed by atoms with Crippen LogP contribution in [-0.4, -0.2) is 44.0 Å². The van der Waals surface area contributed by atoms with E-state index >= 15 is 0 Å². The van der Waals surface area contributed by atoms with Gasteiger partial charge in [0.2, 0.25) is 0 Å². The van der Waals surface area contributed by atoms with Crippen LogP contribution in [-0.2, 0) is 9.47 Å². The number of ether oxygens (including phenoxy) is 2. The van der Waals surface area contributed by atoms with Crippen molar-refractivity contribution >= 4 is 6.09 Å². The highest BCUT2D eigenvalue weighted by Gasteiger charge is 2.17. The fourth-order valence-corrected chi connectivity index (χ4v) is 1.52. The quantitative estimate of drug-likeness (QED) is 0.713. The van der Waals surface area contributed by atoms with Gasteiger partial charge in [0.05, 0.1) is 0 Å². The maximum atomic E-state index is 11.5. The highest BCUT2D eigenvalue weighted by molar-refractivity contribution is 5.67. The third-order valence-corrected chi connectivity index (χ3v) is 2.59. The number of amides is 1. The van der Waals surface area contributed by atoms with Gasteiger partial charge in [-0.1, -0.05) is 0 Å². The zero-order valence-corrected chi connectivity index (χ0v) is 13.2. The minimum Gasteiger partial charge on any atom is -0.444 e. The molecule has 5 heteroatoms. The summed E-state index contributed by atoms with van der Waals surface area (Å²) in [5, 5.41) is 6.23. The molecule has 2 unspecified atom stereocenters. The normalized spacial score (nSPS) is 14.8. The summed E-state index contributed by atoms with van der Waals surface area (Å²) in [6.45, 7) is 11.3. The van der Waals surface area contributed by atoms with E-state index in [1.54, 1.807) is 7.11 Å². The highest BCUT2D eigenvalue weighted by Crippen LogP contribution is 2.07. The lowest BCUT2D eigenvalue weighted by molar-refractivity contribution is 0.0506. The molecule has 0 aromatic rings. The van der Waals surface area contributed by atoms with E-state index in [-0.39, 0.29) is 12.1 Å². The average Bonchev–Trinajstić information content (AvgIpc) is 2.23. The Bertz CT molecular complexity index is 252. The van der Waals surface area contributed by atoms with Crippen LogP contribution in [0.2, 0.25) is 0 Å². The number of hydrogen-bond acceptors (Lipinski definition) is 4. The smallest absolute Gasteiger partial charge is 0.407 e. The van der Waals surface area contributed by atoms with Crippen molar-refractivity contribution in [1.29, 1.82) is 0 Å². The van der Waals surface area contributed by atoms with Crippen molar-refractivity contribution in [2.75, 3.05) is 20.3 Å². The lowest BCUT2D eigenvalue weighted by Crippen LogP contribution is -2.39. The molecule has 0 spiro atoms. The van der Waals surface area contributed by atoms with E-state index in [4.69, 9.17) is 9.47 Å². The Labute approximate surface area is 117 Å². The van der Waals surface area contributed by atoms with Crippen LogP contribution in [0.1, 0.15) is 47.5 Å². The van der Waals surface area contributed by atoms with Crippen LogP contribution in [0.4, 0.5) is 4.79 Å². The molecule has 0 aliphatic carbocycles. The minimum absolute atomic E-state index is 0.0944. The number of carbonyl (C=O) groups is 1. The molecule has 19 heavy (non-hydrogen) atoms. The van der Waals surface area contributed by atoms with E-state index in [1.807, 2.05) is 27.7 Å². The number of nitrogens with one attached hydrogen (secondary N) is 2. The molecule has 0 rings (SSSR count). The standard InChI is InChI=1S/C14H30N2O3/c1-11(8-10-18-6)15-9-7-12(2)16-13(17)19-14(3,4)5/h11-12,15H,7-10H2,1-6H3,(H,16,17). The van der Waals surface area contributed by atoms with Crippen LogP contribution in [0.5, 0.6) is 0 Å². The number of hydrogen-bond donors (Lipinski definition) is 2. The van der Waals surface area contributed by atoms with Gasteiger partial charge in [-0.3, -0.25) is 0 Å². The Hall–Kier alpha value is -0.810. The molecule has 5 nitrogen and oxygen atoms in total. The first kappa shape index (κ1) is 18.2. The fourth-order valence-electron chi connectivity index (χ4n) is 1.52. The largest absolute Gasteiger partial charge is 0.444 e. The van der Waals surface area contributed by atoms with Crippen LogP contribution >= 0.6 is 0 Å². The second-order valence-electron chi connectivity index (χ2n) is 5.97. The van der Waals surface area contributed by atoms with Gasteiger partial charge in [-0.2, -0.15) is 0 Å². The Kier molecular flexibility index (Phi) is 8.76. The summed E-state index contributed by atoms with van der Waals surface area (Å²) in [7, 11) is 1.71. The number of alkyl carbamates (subject to hydrolysis) is 1. The summed E-state index contributed by atoms with van der Waals surface area (Å²) < 4.78 is 10.2. The van der Waals surface area contributed by atoms with Gasteiger partial charge in [0, 0.05) is 25.8 Å². The Balaban J connectivity index is 3.69. The molecule has 1 amide bonds. The van der Waals surface area contributed by atoms with E-state index in [9.17, 15) is 4.79 Å². The third kappa shape index (κ3) is 12.0. The van der Waals surface area contributed by atoms with Gasteiger partial charge in [0.1, 0.15) is 5.60 Å². The molecule has 0 aromatic carbocycles.